The molecule has 3 fully saturated rings. The number of rotatable bonds is 8. The zero-order valence-corrected chi connectivity index (χ0v) is 29.5. The lowest BCUT2D eigenvalue weighted by molar-refractivity contribution is -0.137. The summed E-state index contributed by atoms with van der Waals surface area (Å²) in [7, 11) is 3.21. The van der Waals surface area contributed by atoms with Crippen molar-refractivity contribution in [1.29, 1.82) is 0 Å². The van der Waals surface area contributed by atoms with Crippen LogP contribution in [0.25, 0.3) is 11.1 Å². The van der Waals surface area contributed by atoms with Crippen molar-refractivity contribution >= 4 is 23.2 Å². The maximum absolute atomic E-state index is 15.7. The van der Waals surface area contributed by atoms with Gasteiger partial charge >= 0.3 is 6.18 Å². The number of benzene rings is 2. The number of amides is 2. The van der Waals surface area contributed by atoms with Crippen LogP contribution in [0, 0.1) is 31.5 Å². The Kier molecular flexibility index (Phi) is 10.5. The summed E-state index contributed by atoms with van der Waals surface area (Å²) in [6.07, 6.45) is 0.917. The summed E-state index contributed by atoms with van der Waals surface area (Å²) in [6.45, 7) is 6.63. The maximum atomic E-state index is 15.7. The number of aryl methyl sites for hydroxylation is 1. The second-order valence-electron chi connectivity index (χ2n) is 14.2. The third-order valence-electron chi connectivity index (χ3n) is 11.1. The predicted octanol–water partition coefficient (Wildman–Crippen LogP) is 6.18. The third kappa shape index (κ3) is 7.78. The molecule has 0 saturated carbocycles. The predicted molar refractivity (Wildman–Crippen MR) is 187 cm³/mol. The van der Waals surface area contributed by atoms with Crippen molar-refractivity contribution in [3.63, 3.8) is 0 Å². The first kappa shape index (κ1) is 36.4. The Labute approximate surface area is 295 Å². The summed E-state index contributed by atoms with van der Waals surface area (Å²) < 4.78 is 65.6. The minimum atomic E-state index is -4.58. The van der Waals surface area contributed by atoms with Gasteiger partial charge in [-0.05, 0) is 112 Å². The molecule has 13 heteroatoms. The number of halogens is 4. The van der Waals surface area contributed by atoms with Crippen molar-refractivity contribution in [2.24, 2.45) is 18.9 Å². The number of nitrogens with one attached hydrogen (secondary N) is 2. The summed E-state index contributed by atoms with van der Waals surface area (Å²) in [5.41, 5.74) is 2.82. The molecular weight excluding hydrogens is 666 g/mol. The number of aromatic nitrogens is 1. The van der Waals surface area contributed by atoms with Crippen LogP contribution in [0.5, 0.6) is 5.75 Å². The summed E-state index contributed by atoms with van der Waals surface area (Å²) in [5, 5.41) is 5.08. The number of anilines is 2. The van der Waals surface area contributed by atoms with Gasteiger partial charge in [-0.1, -0.05) is 0 Å². The average molecular weight is 712 g/mol. The molecule has 3 aliphatic rings. The van der Waals surface area contributed by atoms with E-state index in [2.05, 4.69) is 15.5 Å². The van der Waals surface area contributed by atoms with Gasteiger partial charge in [-0.25, -0.2) is 4.39 Å². The highest BCUT2D eigenvalue weighted by atomic mass is 19.4. The zero-order valence-electron chi connectivity index (χ0n) is 29.5. The Morgan fingerprint density at radius 1 is 0.922 bits per heavy atom. The molecular formula is C38H45F4N5O4. The van der Waals surface area contributed by atoms with E-state index >= 15 is 4.39 Å². The van der Waals surface area contributed by atoms with Crippen molar-refractivity contribution in [3.8, 4) is 16.9 Å². The number of carbonyl (C=O) groups excluding carboxylic acids is 2. The van der Waals surface area contributed by atoms with Gasteiger partial charge in [0.25, 0.3) is 5.56 Å². The van der Waals surface area contributed by atoms with Crippen LogP contribution in [-0.4, -0.2) is 60.6 Å². The fourth-order valence-electron chi connectivity index (χ4n) is 7.95. The van der Waals surface area contributed by atoms with Crippen molar-refractivity contribution in [3.05, 3.63) is 75.0 Å². The maximum Gasteiger partial charge on any atom is 0.418 e. The van der Waals surface area contributed by atoms with E-state index in [4.69, 9.17) is 4.74 Å². The Bertz CT molecular complexity index is 1860. The normalized spacial score (nSPS) is 19.7. The van der Waals surface area contributed by atoms with Gasteiger partial charge in [0.15, 0.2) is 0 Å². The number of imide groups is 1. The lowest BCUT2D eigenvalue weighted by Gasteiger charge is -2.41. The van der Waals surface area contributed by atoms with Crippen molar-refractivity contribution in [2.45, 2.75) is 71.1 Å². The molecule has 0 spiro atoms. The first-order valence-corrected chi connectivity index (χ1v) is 17.6. The van der Waals surface area contributed by atoms with Crippen LogP contribution in [-0.2, 0) is 29.4 Å². The standard InChI is InChI=1S/C38H45F4N5O4/c1-22-23(2)37(50)45(3)20-28(22)26-17-31(39)29(34(18-26)51-4)21-46-13-9-24(10-14-46)25-11-15-47(16-12-25)33-7-5-27(19-30(33)38(40,41)42)43-32-6-8-35(48)44-36(32)49/h5,7,17-20,24-25,32,43H,6,8-16,21H2,1-4H3,(H,44,48,49). The monoisotopic (exact) mass is 711 g/mol. The Morgan fingerprint density at radius 3 is 2.22 bits per heavy atom. The summed E-state index contributed by atoms with van der Waals surface area (Å²) in [6, 6.07) is 6.66. The van der Waals surface area contributed by atoms with E-state index in [0.29, 0.717) is 53.9 Å². The molecule has 3 aromatic rings. The molecule has 2 amide bonds. The number of hydrogen-bond acceptors (Lipinski definition) is 7. The molecule has 1 unspecified atom stereocenters. The van der Waals surface area contributed by atoms with Crippen LogP contribution >= 0.6 is 0 Å². The molecule has 3 saturated heterocycles. The number of piperidine rings is 3. The number of alkyl halides is 3. The highest BCUT2D eigenvalue weighted by Gasteiger charge is 2.38. The Morgan fingerprint density at radius 2 is 1.59 bits per heavy atom. The molecule has 1 aromatic heterocycles. The number of carbonyl (C=O) groups is 2. The molecule has 3 aliphatic heterocycles. The van der Waals surface area contributed by atoms with E-state index in [1.807, 2.05) is 13.0 Å². The third-order valence-corrected chi connectivity index (χ3v) is 11.1. The first-order valence-electron chi connectivity index (χ1n) is 17.6. The number of ether oxygens (including phenoxy) is 1. The number of pyridine rings is 1. The van der Waals surface area contributed by atoms with Gasteiger partial charge in [-0.3, -0.25) is 24.6 Å². The van der Waals surface area contributed by atoms with E-state index in [9.17, 15) is 27.6 Å². The largest absolute Gasteiger partial charge is 0.496 e. The van der Waals surface area contributed by atoms with Gasteiger partial charge in [0.2, 0.25) is 11.8 Å². The zero-order chi connectivity index (χ0) is 36.6. The van der Waals surface area contributed by atoms with Gasteiger partial charge in [-0.2, -0.15) is 13.2 Å². The molecule has 51 heavy (non-hydrogen) atoms. The fraction of sp³-hybridized carbons (Fsp3) is 0.500. The first-order chi connectivity index (χ1) is 24.2. The summed E-state index contributed by atoms with van der Waals surface area (Å²) >= 11 is 0. The van der Waals surface area contributed by atoms with Crippen LogP contribution < -0.4 is 25.8 Å². The van der Waals surface area contributed by atoms with Crippen LogP contribution in [0.15, 0.2) is 41.3 Å². The number of hydrogen-bond donors (Lipinski definition) is 2. The van der Waals surface area contributed by atoms with Crippen molar-refractivity contribution < 1.29 is 31.9 Å². The highest BCUT2D eigenvalue weighted by molar-refractivity contribution is 6.01. The van der Waals surface area contributed by atoms with Gasteiger partial charge in [-0.15, -0.1) is 0 Å². The van der Waals surface area contributed by atoms with Gasteiger partial charge in [0.05, 0.1) is 12.7 Å². The average Bonchev–Trinajstić information content (AvgIpc) is 3.11. The van der Waals surface area contributed by atoms with Crippen LogP contribution in [0.3, 0.4) is 0 Å². The van der Waals surface area contributed by atoms with Crippen LogP contribution in [0.2, 0.25) is 0 Å². The van der Waals surface area contributed by atoms with E-state index in [1.165, 1.54) is 23.8 Å². The second kappa shape index (κ2) is 14.7. The van der Waals surface area contributed by atoms with Gasteiger partial charge in [0.1, 0.15) is 17.6 Å². The van der Waals surface area contributed by atoms with Gasteiger partial charge in [0, 0.05) is 67.4 Å². The summed E-state index contributed by atoms with van der Waals surface area (Å²) in [5.74, 6) is 0.00996. The highest BCUT2D eigenvalue weighted by Crippen LogP contribution is 2.42. The molecule has 1 atom stereocenters. The quantitative estimate of drug-likeness (QED) is 0.213. The lowest BCUT2D eigenvalue weighted by atomic mass is 9.78. The van der Waals surface area contributed by atoms with Crippen molar-refractivity contribution in [2.75, 3.05) is 43.5 Å². The van der Waals surface area contributed by atoms with Crippen LogP contribution in [0.4, 0.5) is 28.9 Å². The minimum Gasteiger partial charge on any atom is -0.496 e. The lowest BCUT2D eigenvalue weighted by Crippen LogP contribution is -2.47. The SMILES string of the molecule is COc1cc(-c2cn(C)c(=O)c(C)c2C)cc(F)c1CN1CCC(C2CCN(c3ccc(NC4CCC(=O)NC4=O)cc3C(F)(F)F)CC2)CC1. The summed E-state index contributed by atoms with van der Waals surface area (Å²) in [4.78, 5) is 40.0. The van der Waals surface area contributed by atoms with Gasteiger partial charge < -0.3 is 19.5 Å². The van der Waals surface area contributed by atoms with E-state index in [0.717, 1.165) is 56.0 Å². The molecule has 0 radical (unpaired) electrons. The number of methoxy groups -OCH3 is 1. The smallest absolute Gasteiger partial charge is 0.418 e. The molecule has 4 heterocycles. The molecule has 0 aliphatic carbocycles. The topological polar surface area (TPSA) is 95.9 Å². The van der Waals surface area contributed by atoms with E-state index in [1.54, 1.807) is 31.1 Å². The number of likely N-dealkylation sites (tertiary alicyclic amines) is 1. The van der Waals surface area contributed by atoms with Crippen LogP contribution in [0.1, 0.15) is 60.8 Å². The fourth-order valence-corrected chi connectivity index (χ4v) is 7.95. The van der Waals surface area contributed by atoms with Crippen molar-refractivity contribution in [1.82, 2.24) is 14.8 Å². The minimum absolute atomic E-state index is 0.0854. The molecule has 274 valence electrons. The Balaban J connectivity index is 1.06. The molecule has 6 rings (SSSR count). The van der Waals surface area contributed by atoms with E-state index < -0.39 is 23.7 Å². The number of nitrogens with zero attached hydrogens (tertiary/aromatic N) is 3. The second-order valence-corrected chi connectivity index (χ2v) is 14.2. The molecule has 2 N–H and O–H groups in total. The molecule has 9 nitrogen and oxygen atoms in total. The van der Waals surface area contributed by atoms with E-state index in [-0.39, 0.29) is 41.5 Å². The molecule has 2 aromatic carbocycles. The Hall–Kier alpha value is -4.39. The molecule has 0 bridgehead atoms.